The number of nitrogens with one attached hydrogen (secondary N) is 2. The van der Waals surface area contributed by atoms with Crippen molar-refractivity contribution in [3.63, 3.8) is 0 Å². The Morgan fingerprint density at radius 2 is 2.05 bits per heavy atom. The summed E-state index contributed by atoms with van der Waals surface area (Å²) in [4.78, 5) is 3.83. The average Bonchev–Trinajstić information content (AvgIpc) is 2.33. The smallest absolute Gasteiger partial charge is 0.370 e. The van der Waals surface area contributed by atoms with Gasteiger partial charge in [-0.2, -0.15) is 13.2 Å². The molecule has 1 rings (SSSR count). The van der Waals surface area contributed by atoms with Crippen molar-refractivity contribution in [2.24, 2.45) is 0 Å². The number of hydrogen-bond donors (Lipinski definition) is 2. The second kappa shape index (κ2) is 7.08. The summed E-state index contributed by atoms with van der Waals surface area (Å²) in [7, 11) is -4.01. The van der Waals surface area contributed by atoms with Crippen LogP contribution in [0, 0.1) is 0 Å². The van der Waals surface area contributed by atoms with Gasteiger partial charge in [-0.1, -0.05) is 6.92 Å². The summed E-state index contributed by atoms with van der Waals surface area (Å²) in [5, 5.41) is 2.92. The summed E-state index contributed by atoms with van der Waals surface area (Å²) in [6, 6.07) is 1.29. The van der Waals surface area contributed by atoms with Crippen LogP contribution in [0.2, 0.25) is 0 Å². The first-order valence-electron chi connectivity index (χ1n) is 6.43. The lowest BCUT2D eigenvalue weighted by molar-refractivity contribution is -0.137. The molecule has 2 N–H and O–H groups in total. The van der Waals surface area contributed by atoms with Crippen LogP contribution in [0.5, 0.6) is 0 Å². The van der Waals surface area contributed by atoms with Crippen LogP contribution in [0.15, 0.2) is 23.2 Å². The number of pyridine rings is 1. The standard InChI is InChI=1S/C12H18F3N3O2S/c1-3-5-16-11-7-10(4-6-17-11)21(19,20)18-9(2)8-12(13,14)15/h4,6-7,9,18H,3,5,8H2,1-2H3,(H,16,17). The molecule has 9 heteroatoms. The molecule has 0 saturated carbocycles. The van der Waals surface area contributed by atoms with Crippen LogP contribution in [0.3, 0.4) is 0 Å². The zero-order valence-electron chi connectivity index (χ0n) is 11.7. The van der Waals surface area contributed by atoms with Crippen LogP contribution < -0.4 is 10.0 Å². The molecule has 0 bridgehead atoms. The Bertz CT molecular complexity index is 561. The number of hydrogen-bond acceptors (Lipinski definition) is 4. The van der Waals surface area contributed by atoms with Crippen molar-refractivity contribution in [3.05, 3.63) is 18.3 Å². The van der Waals surface area contributed by atoms with Crippen LogP contribution in [0.25, 0.3) is 0 Å². The van der Waals surface area contributed by atoms with Gasteiger partial charge in [-0.3, -0.25) is 0 Å². The fourth-order valence-corrected chi connectivity index (χ4v) is 2.91. The quantitative estimate of drug-likeness (QED) is 0.808. The van der Waals surface area contributed by atoms with E-state index in [9.17, 15) is 21.6 Å². The summed E-state index contributed by atoms with van der Waals surface area (Å²) in [6.07, 6.45) is -3.52. The number of rotatable bonds is 7. The second-order valence-corrected chi connectivity index (χ2v) is 6.36. The summed E-state index contributed by atoms with van der Waals surface area (Å²) in [6.45, 7) is 3.73. The third-order valence-corrected chi connectivity index (χ3v) is 4.08. The molecule has 0 radical (unpaired) electrons. The van der Waals surface area contributed by atoms with Crippen LogP contribution in [-0.4, -0.2) is 32.2 Å². The van der Waals surface area contributed by atoms with Crippen LogP contribution in [0.4, 0.5) is 19.0 Å². The first-order valence-corrected chi connectivity index (χ1v) is 7.91. The predicted octanol–water partition coefficient (Wildman–Crippen LogP) is 2.52. The molecule has 1 unspecified atom stereocenters. The minimum absolute atomic E-state index is 0.120. The number of aromatic nitrogens is 1. The van der Waals surface area contributed by atoms with E-state index in [1.165, 1.54) is 25.3 Å². The third kappa shape index (κ3) is 6.30. The molecule has 0 spiro atoms. The van der Waals surface area contributed by atoms with Gasteiger partial charge in [0, 0.05) is 24.8 Å². The number of anilines is 1. The van der Waals surface area contributed by atoms with Gasteiger partial charge in [0.1, 0.15) is 5.82 Å². The number of alkyl halides is 3. The highest BCUT2D eigenvalue weighted by Crippen LogP contribution is 2.22. The molecule has 0 aromatic carbocycles. The molecule has 21 heavy (non-hydrogen) atoms. The second-order valence-electron chi connectivity index (χ2n) is 4.65. The summed E-state index contributed by atoms with van der Waals surface area (Å²) >= 11 is 0. The molecule has 5 nitrogen and oxygen atoms in total. The van der Waals surface area contributed by atoms with Crippen LogP contribution in [0.1, 0.15) is 26.7 Å². The molecule has 0 saturated heterocycles. The first-order chi connectivity index (χ1) is 9.64. The maximum Gasteiger partial charge on any atom is 0.390 e. The Kier molecular flexibility index (Phi) is 5.97. The molecule has 0 aliphatic carbocycles. The van der Waals surface area contributed by atoms with E-state index in [-0.39, 0.29) is 4.90 Å². The number of sulfonamides is 1. The first kappa shape index (κ1) is 17.7. The van der Waals surface area contributed by atoms with E-state index in [2.05, 4.69) is 10.3 Å². The van der Waals surface area contributed by atoms with Gasteiger partial charge in [0.25, 0.3) is 0 Å². The Morgan fingerprint density at radius 1 is 1.38 bits per heavy atom. The summed E-state index contributed by atoms with van der Waals surface area (Å²) in [5.74, 6) is 0.364. The van der Waals surface area contributed by atoms with E-state index in [1.807, 2.05) is 11.6 Å². The molecule has 0 amide bonds. The molecule has 0 fully saturated rings. The van der Waals surface area contributed by atoms with Gasteiger partial charge < -0.3 is 5.32 Å². The van der Waals surface area contributed by atoms with Gasteiger partial charge in [-0.15, -0.1) is 0 Å². The van der Waals surface area contributed by atoms with E-state index < -0.39 is 28.7 Å². The van der Waals surface area contributed by atoms with Crippen LogP contribution in [-0.2, 0) is 10.0 Å². The highest BCUT2D eigenvalue weighted by atomic mass is 32.2. The summed E-state index contributed by atoms with van der Waals surface area (Å²) < 4.78 is 62.7. The molecular formula is C12H18F3N3O2S. The molecule has 0 aliphatic rings. The zero-order chi connectivity index (χ0) is 16.1. The van der Waals surface area contributed by atoms with Crippen molar-refractivity contribution >= 4 is 15.8 Å². The van der Waals surface area contributed by atoms with E-state index in [0.29, 0.717) is 12.4 Å². The molecule has 120 valence electrons. The topological polar surface area (TPSA) is 71.1 Å². The van der Waals surface area contributed by atoms with E-state index in [0.717, 1.165) is 6.42 Å². The third-order valence-electron chi connectivity index (χ3n) is 2.49. The highest BCUT2D eigenvalue weighted by molar-refractivity contribution is 7.89. The molecule has 1 heterocycles. The van der Waals surface area contributed by atoms with Crippen molar-refractivity contribution in [2.45, 2.75) is 43.8 Å². The SMILES string of the molecule is CCCNc1cc(S(=O)(=O)NC(C)CC(F)(F)F)ccn1. The van der Waals surface area contributed by atoms with Crippen molar-refractivity contribution in [2.75, 3.05) is 11.9 Å². The Labute approximate surface area is 122 Å². The lowest BCUT2D eigenvalue weighted by Crippen LogP contribution is -2.36. The van der Waals surface area contributed by atoms with Gasteiger partial charge in [0.05, 0.1) is 11.3 Å². The number of halogens is 3. The lowest BCUT2D eigenvalue weighted by Gasteiger charge is -2.16. The van der Waals surface area contributed by atoms with Crippen molar-refractivity contribution < 1.29 is 21.6 Å². The van der Waals surface area contributed by atoms with Crippen molar-refractivity contribution in [1.82, 2.24) is 9.71 Å². The molecule has 1 atom stereocenters. The number of nitrogens with zero attached hydrogens (tertiary/aromatic N) is 1. The summed E-state index contributed by atoms with van der Waals surface area (Å²) in [5.41, 5.74) is 0. The van der Waals surface area contributed by atoms with Gasteiger partial charge in [-0.25, -0.2) is 18.1 Å². The molecule has 1 aromatic heterocycles. The van der Waals surface area contributed by atoms with Crippen LogP contribution >= 0.6 is 0 Å². The maximum absolute atomic E-state index is 12.2. The average molecular weight is 325 g/mol. The maximum atomic E-state index is 12.2. The van der Waals surface area contributed by atoms with Gasteiger partial charge in [0.2, 0.25) is 10.0 Å². The fourth-order valence-electron chi connectivity index (χ4n) is 1.65. The highest BCUT2D eigenvalue weighted by Gasteiger charge is 2.32. The molecular weight excluding hydrogens is 307 g/mol. The van der Waals surface area contributed by atoms with E-state index in [1.54, 1.807) is 0 Å². The minimum atomic E-state index is -4.42. The van der Waals surface area contributed by atoms with E-state index >= 15 is 0 Å². The van der Waals surface area contributed by atoms with Gasteiger partial charge in [0.15, 0.2) is 0 Å². The normalized spacial score (nSPS) is 14.0. The largest absolute Gasteiger partial charge is 0.390 e. The fraction of sp³-hybridized carbons (Fsp3) is 0.583. The van der Waals surface area contributed by atoms with Crippen molar-refractivity contribution in [1.29, 1.82) is 0 Å². The predicted molar refractivity (Wildman–Crippen MR) is 73.5 cm³/mol. The molecule has 0 aliphatic heterocycles. The Morgan fingerprint density at radius 3 is 2.62 bits per heavy atom. The van der Waals surface area contributed by atoms with Gasteiger partial charge >= 0.3 is 6.18 Å². The Balaban J connectivity index is 2.82. The monoisotopic (exact) mass is 325 g/mol. The zero-order valence-corrected chi connectivity index (χ0v) is 12.6. The van der Waals surface area contributed by atoms with E-state index in [4.69, 9.17) is 0 Å². The Hall–Kier alpha value is -1.35. The van der Waals surface area contributed by atoms with Gasteiger partial charge in [-0.05, 0) is 19.4 Å². The lowest BCUT2D eigenvalue weighted by atomic mass is 10.2. The van der Waals surface area contributed by atoms with Crippen molar-refractivity contribution in [3.8, 4) is 0 Å². The minimum Gasteiger partial charge on any atom is -0.370 e. The molecule has 1 aromatic rings.